The number of carbonyl (C=O) groups excluding carboxylic acids is 1. The summed E-state index contributed by atoms with van der Waals surface area (Å²) >= 11 is 0. The first-order valence-electron chi connectivity index (χ1n) is 3.23. The Morgan fingerprint density at radius 3 is 2.31 bits per heavy atom. The Kier molecular flexibility index (Phi) is 3.73. The highest BCUT2D eigenvalue weighted by Gasteiger charge is 2.41. The molecule has 0 aliphatic rings. The van der Waals surface area contributed by atoms with Crippen LogP contribution in [-0.2, 0) is 19.6 Å². The van der Waals surface area contributed by atoms with Crippen LogP contribution in [0.2, 0.25) is 0 Å². The third kappa shape index (κ3) is 4.73. The molecular formula is C5H9F2NO4S. The van der Waals surface area contributed by atoms with Crippen LogP contribution in [0.25, 0.3) is 0 Å². The summed E-state index contributed by atoms with van der Waals surface area (Å²) in [6, 6.07) is 0. The summed E-state index contributed by atoms with van der Waals surface area (Å²) in [6.45, 7) is 0.853. The predicted molar refractivity (Wildman–Crippen MR) is 39.6 cm³/mol. The molecule has 0 fully saturated rings. The molecule has 78 valence electrons. The molecule has 0 rings (SSSR count). The molecule has 0 aromatic carbocycles. The molecule has 0 unspecified atom stereocenters. The molecule has 1 amide bonds. The standard InChI is InChI=1S/C5H9F2NO4S/c1-3-12-5(6,7)4(9)8-13(2,10)11/h3H2,1-2H3,(H,8,9). The minimum Gasteiger partial charge on any atom is -0.313 e. The molecular weight excluding hydrogens is 208 g/mol. The Labute approximate surface area is 74.1 Å². The van der Waals surface area contributed by atoms with E-state index in [0.717, 1.165) is 4.72 Å². The third-order valence-corrected chi connectivity index (χ3v) is 1.42. The average molecular weight is 217 g/mol. The lowest BCUT2D eigenvalue weighted by molar-refractivity contribution is -0.227. The maximum atomic E-state index is 12.4. The summed E-state index contributed by atoms with van der Waals surface area (Å²) in [6.07, 6.45) is -3.52. The van der Waals surface area contributed by atoms with Gasteiger partial charge in [0.25, 0.3) is 0 Å². The van der Waals surface area contributed by atoms with Crippen molar-refractivity contribution in [2.24, 2.45) is 0 Å². The molecule has 0 saturated heterocycles. The first kappa shape index (κ1) is 12.2. The van der Waals surface area contributed by atoms with Gasteiger partial charge in [-0.05, 0) is 6.92 Å². The fourth-order valence-electron chi connectivity index (χ4n) is 0.475. The molecule has 5 nitrogen and oxygen atoms in total. The monoisotopic (exact) mass is 217 g/mol. The minimum absolute atomic E-state index is 0.399. The molecule has 0 saturated carbocycles. The quantitative estimate of drug-likeness (QED) is 0.701. The van der Waals surface area contributed by atoms with Crippen LogP contribution in [0.5, 0.6) is 0 Å². The van der Waals surface area contributed by atoms with Gasteiger partial charge in [0, 0.05) is 0 Å². The molecule has 0 bridgehead atoms. The van der Waals surface area contributed by atoms with Gasteiger partial charge in [0.05, 0.1) is 12.9 Å². The molecule has 0 aromatic heterocycles. The second-order valence-electron chi connectivity index (χ2n) is 2.15. The van der Waals surface area contributed by atoms with Gasteiger partial charge >= 0.3 is 12.0 Å². The average Bonchev–Trinajstić information content (AvgIpc) is 1.82. The van der Waals surface area contributed by atoms with Gasteiger partial charge in [-0.2, -0.15) is 8.78 Å². The van der Waals surface area contributed by atoms with Crippen molar-refractivity contribution in [3.63, 3.8) is 0 Å². The number of ether oxygens (including phenoxy) is 1. The molecule has 0 aliphatic carbocycles. The van der Waals surface area contributed by atoms with Crippen molar-refractivity contribution in [2.75, 3.05) is 12.9 Å². The maximum Gasteiger partial charge on any atom is 0.437 e. The van der Waals surface area contributed by atoms with E-state index in [-0.39, 0.29) is 0 Å². The number of halogens is 2. The molecule has 13 heavy (non-hydrogen) atoms. The zero-order chi connectivity index (χ0) is 10.7. The number of nitrogens with one attached hydrogen (secondary N) is 1. The van der Waals surface area contributed by atoms with E-state index < -0.39 is 28.6 Å². The molecule has 0 spiro atoms. The first-order valence-corrected chi connectivity index (χ1v) is 5.12. The van der Waals surface area contributed by atoms with Gasteiger partial charge in [0.15, 0.2) is 0 Å². The topological polar surface area (TPSA) is 72.5 Å². The molecule has 8 heteroatoms. The van der Waals surface area contributed by atoms with Crippen LogP contribution in [0.1, 0.15) is 6.92 Å². The third-order valence-electron chi connectivity index (χ3n) is 0.868. The predicted octanol–water partition coefficient (Wildman–Crippen LogP) is -0.308. The number of rotatable bonds is 4. The largest absolute Gasteiger partial charge is 0.437 e. The Balaban J connectivity index is 4.43. The van der Waals surface area contributed by atoms with Crippen LogP contribution in [0.15, 0.2) is 0 Å². The Morgan fingerprint density at radius 2 is 2.00 bits per heavy atom. The lowest BCUT2D eigenvalue weighted by atomic mass is 10.6. The van der Waals surface area contributed by atoms with E-state index in [9.17, 15) is 22.0 Å². The van der Waals surface area contributed by atoms with Crippen LogP contribution < -0.4 is 4.72 Å². The second kappa shape index (κ2) is 3.97. The van der Waals surface area contributed by atoms with E-state index in [1.54, 1.807) is 0 Å². The molecule has 0 aliphatic heterocycles. The van der Waals surface area contributed by atoms with Crippen LogP contribution >= 0.6 is 0 Å². The maximum absolute atomic E-state index is 12.4. The molecule has 0 aromatic rings. The summed E-state index contributed by atoms with van der Waals surface area (Å²) in [7, 11) is -3.98. The summed E-state index contributed by atoms with van der Waals surface area (Å²) in [5.41, 5.74) is 0. The lowest BCUT2D eigenvalue weighted by Crippen LogP contribution is -2.44. The SMILES string of the molecule is CCOC(F)(F)C(=O)NS(C)(=O)=O. The van der Waals surface area contributed by atoms with Crippen molar-refractivity contribution < 1.29 is 26.7 Å². The van der Waals surface area contributed by atoms with E-state index in [4.69, 9.17) is 0 Å². The number of alkyl halides is 2. The van der Waals surface area contributed by atoms with Gasteiger partial charge in [-0.1, -0.05) is 0 Å². The molecule has 1 N–H and O–H groups in total. The van der Waals surface area contributed by atoms with Crippen molar-refractivity contribution in [1.82, 2.24) is 4.72 Å². The van der Waals surface area contributed by atoms with Crippen molar-refractivity contribution in [3.8, 4) is 0 Å². The fourth-order valence-corrected chi connectivity index (χ4v) is 0.930. The highest BCUT2D eigenvalue weighted by molar-refractivity contribution is 7.89. The first-order chi connectivity index (χ1) is 5.69. The van der Waals surface area contributed by atoms with Crippen molar-refractivity contribution in [1.29, 1.82) is 0 Å². The summed E-state index contributed by atoms with van der Waals surface area (Å²) in [5, 5.41) is 0. The molecule has 0 atom stereocenters. The normalized spacial score (nSPS) is 12.6. The van der Waals surface area contributed by atoms with Gasteiger partial charge in [-0.15, -0.1) is 0 Å². The van der Waals surface area contributed by atoms with Gasteiger partial charge in [0.1, 0.15) is 0 Å². The van der Waals surface area contributed by atoms with Crippen LogP contribution in [0.4, 0.5) is 8.78 Å². The van der Waals surface area contributed by atoms with Crippen LogP contribution in [-0.4, -0.2) is 33.3 Å². The summed E-state index contributed by atoms with van der Waals surface area (Å²) in [5.74, 6) is -1.99. The zero-order valence-corrected chi connectivity index (χ0v) is 7.82. The summed E-state index contributed by atoms with van der Waals surface area (Å²) < 4.78 is 50.5. The van der Waals surface area contributed by atoms with Gasteiger partial charge in [-0.3, -0.25) is 4.79 Å². The summed E-state index contributed by atoms with van der Waals surface area (Å²) in [4.78, 5) is 10.5. The Bertz CT molecular complexity index is 287. The lowest BCUT2D eigenvalue weighted by Gasteiger charge is -2.13. The van der Waals surface area contributed by atoms with Crippen LogP contribution in [0, 0.1) is 0 Å². The number of carbonyl (C=O) groups is 1. The van der Waals surface area contributed by atoms with E-state index in [1.807, 2.05) is 0 Å². The highest BCUT2D eigenvalue weighted by atomic mass is 32.2. The fraction of sp³-hybridized carbons (Fsp3) is 0.800. The van der Waals surface area contributed by atoms with E-state index in [1.165, 1.54) is 6.92 Å². The minimum atomic E-state index is -4.11. The van der Waals surface area contributed by atoms with Gasteiger partial charge < -0.3 is 4.74 Å². The van der Waals surface area contributed by atoms with Crippen molar-refractivity contribution in [2.45, 2.75) is 13.0 Å². The second-order valence-corrected chi connectivity index (χ2v) is 3.90. The van der Waals surface area contributed by atoms with E-state index in [2.05, 4.69) is 4.74 Å². The Morgan fingerprint density at radius 1 is 1.54 bits per heavy atom. The molecule has 0 radical (unpaired) electrons. The van der Waals surface area contributed by atoms with Gasteiger partial charge in [-0.25, -0.2) is 13.1 Å². The zero-order valence-electron chi connectivity index (χ0n) is 7.00. The number of sulfonamides is 1. The van der Waals surface area contributed by atoms with E-state index in [0.29, 0.717) is 6.26 Å². The molecule has 0 heterocycles. The van der Waals surface area contributed by atoms with Crippen molar-refractivity contribution >= 4 is 15.9 Å². The number of hydrogen-bond acceptors (Lipinski definition) is 4. The van der Waals surface area contributed by atoms with E-state index >= 15 is 0 Å². The Hall–Kier alpha value is -0.760. The van der Waals surface area contributed by atoms with Gasteiger partial charge in [0.2, 0.25) is 10.0 Å². The highest BCUT2D eigenvalue weighted by Crippen LogP contribution is 2.14. The smallest absolute Gasteiger partial charge is 0.313 e. The number of amides is 1. The van der Waals surface area contributed by atoms with Crippen molar-refractivity contribution in [3.05, 3.63) is 0 Å². The number of hydrogen-bond donors (Lipinski definition) is 1. The van der Waals surface area contributed by atoms with Crippen LogP contribution in [0.3, 0.4) is 0 Å².